The third-order valence-electron chi connectivity index (χ3n) is 23.7. The SMILES string of the molecule is COc1cc(F)cc(N(CCCNC(C)C)c2ccc3ncc(-c4cnn(C)c4)nc3c2)c1.COc1cc(OC)cc(N(CCN2CCCC2=O)c2ccc3ncc(-c4cnn(C)c4)nc3c2)c1.COc1cc(OC)cc(N(CCNCC2CCCO2)c2ccc3ncc(-c4cnn(C)c4)nc3c2)c1.COc1cc(OC)cc(N(CCNC[Si](C)(C)C)c2ccc3ncc(-c4cnn(C)c4)nc3c2)c1. The number of methoxy groups -OCH3 is 7. The summed E-state index contributed by atoms with van der Waals surface area (Å²) in [5.41, 5.74) is 20.8. The van der Waals surface area contributed by atoms with E-state index in [9.17, 15) is 9.18 Å². The summed E-state index contributed by atoms with van der Waals surface area (Å²) in [6, 6.07) is 47.1. The fourth-order valence-electron chi connectivity index (χ4n) is 16.4. The number of aromatic nitrogens is 16. The van der Waals surface area contributed by atoms with Crippen LogP contribution in [0.4, 0.5) is 49.9 Å². The van der Waals surface area contributed by atoms with Crippen molar-refractivity contribution in [1.29, 1.82) is 0 Å². The molecule has 18 rings (SSSR count). The van der Waals surface area contributed by atoms with Gasteiger partial charge in [0, 0.05) is 265 Å². The fraction of sp³-hybridized carbons (Fsp3) is 0.337. The largest absolute Gasteiger partial charge is 0.497 e. The number of halogens is 1. The molecule has 8 aromatic carbocycles. The van der Waals surface area contributed by atoms with E-state index in [-0.39, 0.29) is 11.7 Å². The molecule has 2 aliphatic heterocycles. The van der Waals surface area contributed by atoms with Crippen LogP contribution in [0.3, 0.4) is 0 Å². The number of nitrogens with one attached hydrogen (secondary N) is 3. The van der Waals surface area contributed by atoms with Crippen LogP contribution in [0.2, 0.25) is 19.6 Å². The quantitative estimate of drug-likeness (QED) is 0.0241. The minimum Gasteiger partial charge on any atom is -0.497 e. The van der Waals surface area contributed by atoms with Crippen molar-refractivity contribution in [3.8, 4) is 85.3 Å². The highest BCUT2D eigenvalue weighted by Gasteiger charge is 2.26. The first-order valence-electron chi connectivity index (χ1n) is 46.6. The zero-order valence-corrected chi connectivity index (χ0v) is 82.9. The van der Waals surface area contributed by atoms with Crippen LogP contribution in [-0.2, 0) is 37.7 Å². The number of ether oxygens (including phenoxy) is 8. The maximum absolute atomic E-state index is 14.3. The van der Waals surface area contributed by atoms with Crippen molar-refractivity contribution in [3.05, 3.63) is 226 Å². The van der Waals surface area contributed by atoms with E-state index in [0.717, 1.165) is 242 Å². The third kappa shape index (κ3) is 26.1. The Bertz CT molecular complexity index is 6780. The lowest BCUT2D eigenvalue weighted by molar-refractivity contribution is -0.127. The Morgan fingerprint density at radius 1 is 0.410 bits per heavy atom. The third-order valence-corrected chi connectivity index (χ3v) is 25.0. The molecule has 0 saturated carbocycles. The highest BCUT2D eigenvalue weighted by Crippen LogP contribution is 2.40. The van der Waals surface area contributed by atoms with Gasteiger partial charge in [-0.05, 0) is 117 Å². The van der Waals surface area contributed by atoms with E-state index >= 15 is 0 Å². The molecule has 724 valence electrons. The normalized spacial score (nSPS) is 13.0. The van der Waals surface area contributed by atoms with E-state index in [1.54, 1.807) is 118 Å². The average molecular weight is 1900 g/mol. The molecule has 0 bridgehead atoms. The number of carbonyl (C=O) groups is 1. The number of amides is 1. The van der Waals surface area contributed by atoms with Crippen molar-refractivity contribution in [2.45, 2.75) is 77.7 Å². The molecule has 0 spiro atoms. The molecule has 16 aromatic rings. The first-order chi connectivity index (χ1) is 67.3. The predicted octanol–water partition coefficient (Wildman–Crippen LogP) is 17.1. The summed E-state index contributed by atoms with van der Waals surface area (Å²) in [5, 5.41) is 27.6. The predicted molar refractivity (Wildman–Crippen MR) is 548 cm³/mol. The van der Waals surface area contributed by atoms with E-state index in [2.05, 4.69) is 134 Å². The summed E-state index contributed by atoms with van der Waals surface area (Å²) >= 11 is 0. The Morgan fingerprint density at radius 2 is 0.755 bits per heavy atom. The average Bonchev–Trinajstić information content (AvgIpc) is 1.76. The van der Waals surface area contributed by atoms with Gasteiger partial charge in [0.1, 0.15) is 46.1 Å². The summed E-state index contributed by atoms with van der Waals surface area (Å²) in [5.74, 6) is 4.71. The van der Waals surface area contributed by atoms with E-state index in [1.807, 2.05) is 167 Å². The number of likely N-dealkylation sites (tertiary alicyclic amines) is 1. The number of hydrogen-bond donors (Lipinski definition) is 3. The van der Waals surface area contributed by atoms with E-state index < -0.39 is 8.07 Å². The molecule has 8 aromatic heterocycles. The molecule has 0 aliphatic carbocycles. The van der Waals surface area contributed by atoms with Crippen LogP contribution >= 0.6 is 0 Å². The molecule has 1 unspecified atom stereocenters. The number of benzene rings is 8. The van der Waals surface area contributed by atoms with Gasteiger partial charge in [-0.3, -0.25) is 43.5 Å². The first-order valence-corrected chi connectivity index (χ1v) is 50.3. The van der Waals surface area contributed by atoms with Crippen LogP contribution in [0, 0.1) is 5.82 Å². The summed E-state index contributed by atoms with van der Waals surface area (Å²) in [4.78, 5) is 60.8. The van der Waals surface area contributed by atoms with E-state index in [4.69, 9.17) is 57.8 Å². The van der Waals surface area contributed by atoms with Crippen molar-refractivity contribution >= 4 is 104 Å². The zero-order chi connectivity index (χ0) is 97.6. The van der Waals surface area contributed by atoms with Crippen LogP contribution in [0.15, 0.2) is 220 Å². The monoisotopic (exact) mass is 1900 g/mol. The summed E-state index contributed by atoms with van der Waals surface area (Å²) in [6.07, 6.45) is 28.0. The molecular formula is C104H123FN24O9Si. The van der Waals surface area contributed by atoms with Crippen molar-refractivity contribution in [2.75, 3.05) is 148 Å². The summed E-state index contributed by atoms with van der Waals surface area (Å²) < 4.78 is 65.6. The van der Waals surface area contributed by atoms with Gasteiger partial charge >= 0.3 is 0 Å². The van der Waals surface area contributed by atoms with Crippen molar-refractivity contribution in [1.82, 2.24) is 99.8 Å². The van der Waals surface area contributed by atoms with Crippen LogP contribution in [-0.4, -0.2) is 238 Å². The van der Waals surface area contributed by atoms with Gasteiger partial charge < -0.3 is 78.3 Å². The lowest BCUT2D eigenvalue weighted by atomic mass is 10.1. The molecule has 10 heterocycles. The minimum atomic E-state index is -1.19. The molecule has 0 radical (unpaired) electrons. The van der Waals surface area contributed by atoms with Crippen LogP contribution < -0.4 is 68.7 Å². The van der Waals surface area contributed by atoms with Crippen molar-refractivity contribution in [3.63, 3.8) is 0 Å². The van der Waals surface area contributed by atoms with E-state index in [0.29, 0.717) is 55.4 Å². The van der Waals surface area contributed by atoms with Gasteiger partial charge in [-0.15, -0.1) is 0 Å². The Hall–Kier alpha value is -14.8. The molecule has 139 heavy (non-hydrogen) atoms. The van der Waals surface area contributed by atoms with E-state index in [1.165, 1.54) is 12.1 Å². The second-order valence-electron chi connectivity index (χ2n) is 35.5. The zero-order valence-electron chi connectivity index (χ0n) is 81.9. The number of rotatable bonds is 37. The molecule has 2 saturated heterocycles. The number of fused-ring (bicyclic) bond motifs is 4. The maximum atomic E-state index is 14.3. The molecule has 1 atom stereocenters. The Labute approximate surface area is 810 Å². The first kappa shape index (κ1) is 98.7. The van der Waals surface area contributed by atoms with Gasteiger partial charge in [0.05, 0.1) is 180 Å². The second kappa shape index (κ2) is 46.4. The van der Waals surface area contributed by atoms with Gasteiger partial charge in [0.25, 0.3) is 0 Å². The summed E-state index contributed by atoms with van der Waals surface area (Å²) in [7, 11) is 17.8. The molecule has 3 N–H and O–H groups in total. The lowest BCUT2D eigenvalue weighted by Gasteiger charge is -2.28. The van der Waals surface area contributed by atoms with Gasteiger partial charge in [0.2, 0.25) is 5.91 Å². The molecular weight excluding hydrogens is 1780 g/mol. The van der Waals surface area contributed by atoms with Crippen molar-refractivity contribution < 1.29 is 47.1 Å². The maximum Gasteiger partial charge on any atom is 0.222 e. The highest BCUT2D eigenvalue weighted by atomic mass is 28.3. The van der Waals surface area contributed by atoms with Gasteiger partial charge in [0.15, 0.2) is 0 Å². The minimum absolute atomic E-state index is 0.207. The highest BCUT2D eigenvalue weighted by molar-refractivity contribution is 6.76. The topological polar surface area (TPSA) is 318 Å². The Kier molecular flexibility index (Phi) is 32.9. The number of hydrogen-bond acceptors (Lipinski definition) is 28. The molecule has 1 amide bonds. The molecule has 33 nitrogen and oxygen atoms in total. The second-order valence-corrected chi connectivity index (χ2v) is 41.0. The summed E-state index contributed by atoms with van der Waals surface area (Å²) in [6.45, 7) is 19.8. The number of aryl methyl sites for hydroxylation is 4. The van der Waals surface area contributed by atoms with Crippen LogP contribution in [0.5, 0.6) is 40.2 Å². The lowest BCUT2D eigenvalue weighted by Crippen LogP contribution is -2.39. The van der Waals surface area contributed by atoms with Crippen LogP contribution in [0.1, 0.15) is 46.0 Å². The van der Waals surface area contributed by atoms with Gasteiger partial charge in [-0.25, -0.2) is 24.3 Å². The van der Waals surface area contributed by atoms with Crippen LogP contribution in [0.25, 0.3) is 89.2 Å². The number of anilines is 8. The van der Waals surface area contributed by atoms with Gasteiger partial charge in [-0.2, -0.15) is 20.4 Å². The number of nitrogens with zero attached hydrogens (tertiary/aromatic N) is 21. The standard InChI is InChI=1S/C27H32N6O3.C26H28N6O3.C26H34N6O2Si.C25H29FN6O/c1-32-18-19(15-30-32)27-17-29-25-7-6-20(13-26(25)31-27)33(9-8-28-16-22-5-4-10-36-22)21-11-23(34-2)14-24(12-21)35-3;1-30-17-18(15-28-30)25-16-27-23-7-6-19(13-24(23)29-25)32(10-9-31-8-4-5-26(31)33)20-11-21(34-2)14-22(12-20)35-3;1-31-17-19(15-29-31)26-16-28-24-8-7-20(13-25(24)30-26)32(10-9-27-18-35(4,5)6)21-11-22(33-2)14-23(12-21)34-3;1-17(2)27-8-5-9-32(21-10-19(26)11-22(12-21)33-4)20-6-7-23-24(13-20)30-25(15-28-23)18-14-29-31(3)16-18/h6-7,11-15,17-18,22,28H,4-5,8-10,16H2,1-3H3;6-7,11-17H,4-5,8-10H2,1-3H3;7-8,11-17,27H,9-10,18H2,1-6H3;6-7,10-17,27H,5,8-9H2,1-4H3. The molecule has 2 fully saturated rings. The fourth-order valence-corrected chi connectivity index (χ4v) is 17.4. The number of carbonyl (C=O) groups excluding carboxylic acids is 1. The molecule has 2 aliphatic rings. The van der Waals surface area contributed by atoms with Gasteiger partial charge in [-0.1, -0.05) is 33.5 Å². The molecule has 35 heteroatoms. The smallest absolute Gasteiger partial charge is 0.222 e. The Morgan fingerprint density at radius 3 is 1.07 bits per heavy atom. The Balaban J connectivity index is 0.000000140. The van der Waals surface area contributed by atoms with Crippen molar-refractivity contribution in [2.24, 2.45) is 28.2 Å².